The van der Waals surface area contributed by atoms with E-state index in [0.717, 1.165) is 49.7 Å². The van der Waals surface area contributed by atoms with Gasteiger partial charge in [0.05, 0.1) is 4.88 Å². The van der Waals surface area contributed by atoms with Crippen LogP contribution >= 0.6 is 11.3 Å². The number of carbonyl (C=O) groups excluding carboxylic acids is 1. The molecule has 1 aliphatic heterocycles. The van der Waals surface area contributed by atoms with Gasteiger partial charge in [-0.1, -0.05) is 6.07 Å². The van der Waals surface area contributed by atoms with Gasteiger partial charge in [-0.3, -0.25) is 9.69 Å². The summed E-state index contributed by atoms with van der Waals surface area (Å²) in [7, 11) is 1.93. The van der Waals surface area contributed by atoms with Crippen molar-refractivity contribution in [3.05, 3.63) is 45.4 Å². The second kappa shape index (κ2) is 7.20. The van der Waals surface area contributed by atoms with Crippen LogP contribution in [-0.4, -0.2) is 46.5 Å². The van der Waals surface area contributed by atoms with Gasteiger partial charge in [0.25, 0.3) is 5.91 Å². The molecule has 1 saturated heterocycles. The third-order valence-electron chi connectivity index (χ3n) is 4.76. The maximum atomic E-state index is 12.5. The fraction of sp³-hybridized carbons (Fsp3) is 0.444. The molecule has 0 radical (unpaired) electrons. The number of amides is 1. The molecule has 0 atom stereocenters. The molecule has 6 heteroatoms. The number of hydrogen-bond donors (Lipinski definition) is 0. The van der Waals surface area contributed by atoms with Gasteiger partial charge in [-0.2, -0.15) is 5.26 Å². The van der Waals surface area contributed by atoms with Gasteiger partial charge in [0, 0.05) is 45.5 Å². The van der Waals surface area contributed by atoms with Gasteiger partial charge in [-0.25, -0.2) is 0 Å². The minimum absolute atomic E-state index is 0.148. The lowest BCUT2D eigenvalue weighted by molar-refractivity contribution is 0.0766. The first-order valence-electron chi connectivity index (χ1n) is 8.20. The Bertz CT molecular complexity index is 757. The van der Waals surface area contributed by atoms with Crippen molar-refractivity contribution >= 4 is 17.2 Å². The predicted octanol–water partition coefficient (Wildman–Crippen LogP) is 2.61. The number of nitriles is 1. The van der Waals surface area contributed by atoms with E-state index in [4.69, 9.17) is 5.26 Å². The van der Waals surface area contributed by atoms with Crippen LogP contribution in [0, 0.1) is 18.3 Å². The number of rotatable bonds is 3. The van der Waals surface area contributed by atoms with Crippen molar-refractivity contribution < 1.29 is 4.79 Å². The number of aromatic nitrogens is 1. The maximum absolute atomic E-state index is 12.5. The smallest absolute Gasteiger partial charge is 0.263 e. The van der Waals surface area contributed by atoms with E-state index in [0.29, 0.717) is 5.69 Å². The summed E-state index contributed by atoms with van der Waals surface area (Å²) in [5.41, 5.74) is 3.04. The van der Waals surface area contributed by atoms with Gasteiger partial charge >= 0.3 is 0 Å². The normalized spacial score (nSPS) is 16.0. The van der Waals surface area contributed by atoms with Crippen LogP contribution in [0.4, 0.5) is 0 Å². The lowest BCUT2D eigenvalue weighted by Gasteiger charge is -2.21. The van der Waals surface area contributed by atoms with E-state index in [1.54, 1.807) is 0 Å². The van der Waals surface area contributed by atoms with Crippen molar-refractivity contribution in [1.82, 2.24) is 14.4 Å². The summed E-state index contributed by atoms with van der Waals surface area (Å²) in [6.45, 7) is 6.30. The zero-order valence-electron chi connectivity index (χ0n) is 14.2. The molecule has 0 saturated carbocycles. The first-order chi connectivity index (χ1) is 11.6. The number of hydrogen-bond acceptors (Lipinski definition) is 4. The predicted molar refractivity (Wildman–Crippen MR) is 95.0 cm³/mol. The van der Waals surface area contributed by atoms with E-state index >= 15 is 0 Å². The summed E-state index contributed by atoms with van der Waals surface area (Å²) < 4.78 is 1.94. The topological polar surface area (TPSA) is 52.3 Å². The molecule has 3 heterocycles. The number of carbonyl (C=O) groups is 1. The van der Waals surface area contributed by atoms with E-state index < -0.39 is 0 Å². The average molecular weight is 342 g/mol. The van der Waals surface area contributed by atoms with Crippen molar-refractivity contribution in [1.29, 1.82) is 5.26 Å². The van der Waals surface area contributed by atoms with Crippen molar-refractivity contribution in [2.75, 3.05) is 26.2 Å². The fourth-order valence-electron chi connectivity index (χ4n) is 3.16. The first-order valence-corrected chi connectivity index (χ1v) is 9.08. The summed E-state index contributed by atoms with van der Waals surface area (Å²) in [4.78, 5) is 17.7. The average Bonchev–Trinajstić information content (AvgIpc) is 3.13. The first kappa shape index (κ1) is 16.7. The summed E-state index contributed by atoms with van der Waals surface area (Å²) in [5.74, 6) is 0.148. The number of nitrogens with zero attached hydrogens (tertiary/aromatic N) is 4. The molecule has 0 aromatic carbocycles. The van der Waals surface area contributed by atoms with Crippen LogP contribution in [0.1, 0.15) is 33.0 Å². The summed E-state index contributed by atoms with van der Waals surface area (Å²) in [5, 5.41) is 11.1. The molecular formula is C18H22N4OS. The van der Waals surface area contributed by atoms with Gasteiger partial charge in [-0.05, 0) is 36.4 Å². The standard InChI is InChI=1S/C18H22N4OS/c1-14-15(11-16(12-19)20(14)2)13-21-6-4-7-22(9-8-21)18(23)17-5-3-10-24-17/h3,5,10-11H,4,6-9,13H2,1-2H3. The highest BCUT2D eigenvalue weighted by atomic mass is 32.1. The van der Waals surface area contributed by atoms with Crippen LogP contribution in [-0.2, 0) is 13.6 Å². The molecule has 0 spiro atoms. The highest BCUT2D eigenvalue weighted by Crippen LogP contribution is 2.18. The quantitative estimate of drug-likeness (QED) is 0.861. The Hall–Kier alpha value is -2.10. The Morgan fingerprint density at radius 2 is 2.17 bits per heavy atom. The Morgan fingerprint density at radius 3 is 2.83 bits per heavy atom. The molecule has 1 fully saturated rings. The molecule has 24 heavy (non-hydrogen) atoms. The van der Waals surface area contributed by atoms with Crippen LogP contribution in [0.2, 0.25) is 0 Å². The Balaban J connectivity index is 1.64. The molecule has 0 unspecified atom stereocenters. The second-order valence-electron chi connectivity index (χ2n) is 6.21. The molecule has 0 N–H and O–H groups in total. The molecule has 0 aliphatic carbocycles. The highest BCUT2D eigenvalue weighted by Gasteiger charge is 2.21. The van der Waals surface area contributed by atoms with Crippen LogP contribution in [0.25, 0.3) is 0 Å². The maximum Gasteiger partial charge on any atom is 0.263 e. The molecule has 1 aliphatic rings. The van der Waals surface area contributed by atoms with Crippen LogP contribution in [0.15, 0.2) is 23.6 Å². The second-order valence-corrected chi connectivity index (χ2v) is 7.16. The van der Waals surface area contributed by atoms with E-state index in [9.17, 15) is 4.79 Å². The summed E-state index contributed by atoms with van der Waals surface area (Å²) in [6.07, 6.45) is 0.980. The molecule has 2 aromatic rings. The molecule has 2 aromatic heterocycles. The van der Waals surface area contributed by atoms with Crippen LogP contribution in [0.3, 0.4) is 0 Å². The van der Waals surface area contributed by atoms with Crippen molar-refractivity contribution in [3.8, 4) is 6.07 Å². The van der Waals surface area contributed by atoms with E-state index in [2.05, 4.69) is 17.9 Å². The zero-order valence-corrected chi connectivity index (χ0v) is 15.0. The lowest BCUT2D eigenvalue weighted by Crippen LogP contribution is -2.34. The molecule has 0 bridgehead atoms. The highest BCUT2D eigenvalue weighted by molar-refractivity contribution is 7.12. The summed E-state index contributed by atoms with van der Waals surface area (Å²) in [6, 6.07) is 8.04. The van der Waals surface area contributed by atoms with E-state index in [1.165, 1.54) is 16.9 Å². The summed E-state index contributed by atoms with van der Waals surface area (Å²) >= 11 is 1.51. The van der Waals surface area contributed by atoms with Gasteiger partial charge in [0.2, 0.25) is 0 Å². The third kappa shape index (κ3) is 3.37. The third-order valence-corrected chi connectivity index (χ3v) is 5.61. The van der Waals surface area contributed by atoms with Gasteiger partial charge in [0.1, 0.15) is 11.8 Å². The SMILES string of the molecule is Cc1c(CN2CCCN(C(=O)c3cccs3)CC2)cc(C#N)n1C. The molecular weight excluding hydrogens is 320 g/mol. The van der Waals surface area contributed by atoms with E-state index in [1.807, 2.05) is 40.1 Å². The minimum Gasteiger partial charge on any atom is -0.340 e. The molecule has 3 rings (SSSR count). The minimum atomic E-state index is 0.148. The largest absolute Gasteiger partial charge is 0.340 e. The molecule has 5 nitrogen and oxygen atoms in total. The van der Waals surface area contributed by atoms with Crippen LogP contribution < -0.4 is 0 Å². The lowest BCUT2D eigenvalue weighted by atomic mass is 10.2. The Labute approximate surface area is 146 Å². The van der Waals surface area contributed by atoms with Crippen molar-refractivity contribution in [2.24, 2.45) is 7.05 Å². The molecule has 1 amide bonds. The van der Waals surface area contributed by atoms with Crippen molar-refractivity contribution in [3.63, 3.8) is 0 Å². The van der Waals surface area contributed by atoms with E-state index in [-0.39, 0.29) is 5.91 Å². The van der Waals surface area contributed by atoms with Gasteiger partial charge in [-0.15, -0.1) is 11.3 Å². The monoisotopic (exact) mass is 342 g/mol. The van der Waals surface area contributed by atoms with Gasteiger partial charge in [0.15, 0.2) is 0 Å². The Kier molecular flexibility index (Phi) is 5.03. The Morgan fingerprint density at radius 1 is 1.33 bits per heavy atom. The zero-order chi connectivity index (χ0) is 17.1. The van der Waals surface area contributed by atoms with Crippen molar-refractivity contribution in [2.45, 2.75) is 19.9 Å². The fourth-order valence-corrected chi connectivity index (χ4v) is 3.85. The van der Waals surface area contributed by atoms with Gasteiger partial charge < -0.3 is 9.47 Å². The number of thiophene rings is 1. The molecule has 126 valence electrons. The van der Waals surface area contributed by atoms with Crippen LogP contribution in [0.5, 0.6) is 0 Å².